The van der Waals surface area contributed by atoms with Crippen molar-refractivity contribution in [3.05, 3.63) is 41.5 Å². The number of anilines is 2. The predicted molar refractivity (Wildman–Crippen MR) is 113 cm³/mol. The lowest BCUT2D eigenvalue weighted by molar-refractivity contribution is 0.145. The topological polar surface area (TPSA) is 129 Å². The van der Waals surface area contributed by atoms with Crippen LogP contribution in [0.2, 0.25) is 0 Å². The van der Waals surface area contributed by atoms with Gasteiger partial charge in [0.1, 0.15) is 23.4 Å². The molecule has 0 bridgehead atoms. The van der Waals surface area contributed by atoms with Gasteiger partial charge >= 0.3 is 12.1 Å². The molecule has 2 aromatic rings. The van der Waals surface area contributed by atoms with Crippen molar-refractivity contribution in [2.24, 2.45) is 5.73 Å². The summed E-state index contributed by atoms with van der Waals surface area (Å²) < 4.78 is 25.0. The second-order valence-electron chi connectivity index (χ2n) is 7.62. The minimum atomic E-state index is -0.533. The lowest BCUT2D eigenvalue weighted by atomic mass is 10.2. The Labute approximate surface area is 184 Å². The Balaban J connectivity index is 1.35. The minimum Gasteiger partial charge on any atom is -0.443 e. The summed E-state index contributed by atoms with van der Waals surface area (Å²) in [4.78, 5) is 27.7. The third kappa shape index (κ3) is 4.75. The van der Waals surface area contributed by atoms with Gasteiger partial charge in [-0.3, -0.25) is 9.91 Å². The number of urea groups is 1. The van der Waals surface area contributed by atoms with E-state index in [0.717, 1.165) is 0 Å². The van der Waals surface area contributed by atoms with Gasteiger partial charge in [-0.2, -0.15) is 0 Å². The molecule has 1 aromatic carbocycles. The summed E-state index contributed by atoms with van der Waals surface area (Å²) in [6, 6.07) is 6.09. The second-order valence-corrected chi connectivity index (χ2v) is 7.62. The zero-order chi connectivity index (χ0) is 22.7. The largest absolute Gasteiger partial charge is 0.443 e. The van der Waals surface area contributed by atoms with Gasteiger partial charge in [0, 0.05) is 32.2 Å². The van der Waals surface area contributed by atoms with Crippen LogP contribution in [0.15, 0.2) is 28.8 Å². The third-order valence-corrected chi connectivity index (χ3v) is 5.34. The van der Waals surface area contributed by atoms with Gasteiger partial charge in [-0.15, -0.1) is 0 Å². The molecule has 12 heteroatoms. The maximum Gasteiger partial charge on any atom is 0.414 e. The number of carbonyl (C=O) groups is 2. The molecule has 0 unspecified atom stereocenters. The molecule has 2 aliphatic rings. The molecule has 172 valence electrons. The average molecular weight is 447 g/mol. The number of ether oxygens (including phenoxy) is 1. The van der Waals surface area contributed by atoms with Crippen LogP contribution in [0.25, 0.3) is 0 Å². The van der Waals surface area contributed by atoms with E-state index in [9.17, 15) is 14.0 Å². The maximum absolute atomic E-state index is 14.9. The average Bonchev–Trinajstić information content (AvgIpc) is 3.28. The van der Waals surface area contributed by atoms with Crippen LogP contribution < -0.4 is 26.3 Å². The highest BCUT2D eigenvalue weighted by atomic mass is 19.1. The van der Waals surface area contributed by atoms with Crippen molar-refractivity contribution < 1.29 is 23.2 Å². The van der Waals surface area contributed by atoms with Crippen LogP contribution in [0.4, 0.5) is 25.4 Å². The number of halogens is 1. The molecule has 0 spiro atoms. The summed E-state index contributed by atoms with van der Waals surface area (Å²) in [7, 11) is 0. The lowest BCUT2D eigenvalue weighted by Gasteiger charge is -2.24. The number of nitrogens with zero attached hydrogens (tertiary/aromatic N) is 4. The quantitative estimate of drug-likeness (QED) is 0.618. The first-order valence-electron chi connectivity index (χ1n) is 10.4. The fourth-order valence-corrected chi connectivity index (χ4v) is 3.68. The Hall–Kier alpha value is -3.38. The Morgan fingerprint density at radius 3 is 2.88 bits per heavy atom. The van der Waals surface area contributed by atoms with Gasteiger partial charge < -0.3 is 25.2 Å². The molecule has 11 nitrogen and oxygen atoms in total. The molecule has 3 heterocycles. The predicted octanol–water partition coefficient (Wildman–Crippen LogP) is 0.942. The van der Waals surface area contributed by atoms with Gasteiger partial charge in [-0.25, -0.2) is 19.4 Å². The number of nitrogens with one attached hydrogen (secondary N) is 2. The zero-order valence-electron chi connectivity index (χ0n) is 17.7. The van der Waals surface area contributed by atoms with Gasteiger partial charge in [0.15, 0.2) is 0 Å². The molecule has 32 heavy (non-hydrogen) atoms. The number of hydrazine groups is 1. The number of carbonyl (C=O) groups excluding carboxylic acids is 2. The number of hydrogen-bond acceptors (Lipinski definition) is 8. The molecular formula is C20H26FN7O4. The standard InChI is InChI=1S/C20H26FN7O4/c1-13-8-14(25-32-13)11-23-19(29)28-7-6-26(5-4-24-28)18-3-2-15(9-17(18)21)27-12-16(10-22)31-20(27)30/h2-3,8-9,16,24H,4-7,10-12,22H2,1H3,(H,23,29)/t16-/m0/s1. The van der Waals surface area contributed by atoms with Crippen LogP contribution in [-0.2, 0) is 11.3 Å². The van der Waals surface area contributed by atoms with Gasteiger partial charge in [0.2, 0.25) is 0 Å². The van der Waals surface area contributed by atoms with Gasteiger partial charge in [0.25, 0.3) is 0 Å². The van der Waals surface area contributed by atoms with E-state index < -0.39 is 18.0 Å². The first-order valence-corrected chi connectivity index (χ1v) is 10.4. The summed E-state index contributed by atoms with van der Waals surface area (Å²) in [5.41, 5.74) is 10.1. The summed E-state index contributed by atoms with van der Waals surface area (Å²) in [6.07, 6.45) is -0.929. The highest BCUT2D eigenvalue weighted by Gasteiger charge is 2.32. The highest BCUT2D eigenvalue weighted by Crippen LogP contribution is 2.28. The van der Waals surface area contributed by atoms with Crippen molar-refractivity contribution >= 4 is 23.5 Å². The SMILES string of the molecule is Cc1cc(CNC(=O)N2CCN(c3ccc(N4C[C@H](CN)OC4=O)cc3F)CCN2)no1. The Kier molecular flexibility index (Phi) is 6.42. The molecular weight excluding hydrogens is 421 g/mol. The van der Waals surface area contributed by atoms with Crippen LogP contribution in [0.3, 0.4) is 0 Å². The fourth-order valence-electron chi connectivity index (χ4n) is 3.68. The monoisotopic (exact) mass is 447 g/mol. The molecule has 2 fully saturated rings. The number of hydrogen-bond donors (Lipinski definition) is 3. The second kappa shape index (κ2) is 9.40. The molecule has 4 N–H and O–H groups in total. The van der Waals surface area contributed by atoms with E-state index in [2.05, 4.69) is 15.9 Å². The molecule has 0 radical (unpaired) electrons. The van der Waals surface area contributed by atoms with Crippen LogP contribution in [0, 0.1) is 12.7 Å². The van der Waals surface area contributed by atoms with E-state index in [1.165, 1.54) is 16.0 Å². The summed E-state index contributed by atoms with van der Waals surface area (Å²) >= 11 is 0. The maximum atomic E-state index is 14.9. The van der Waals surface area contributed by atoms with Gasteiger partial charge in [-0.05, 0) is 25.1 Å². The molecule has 0 saturated carbocycles. The lowest BCUT2D eigenvalue weighted by Crippen LogP contribution is -2.48. The number of nitrogens with two attached hydrogens (primary N) is 1. The zero-order valence-corrected chi connectivity index (χ0v) is 17.7. The van der Waals surface area contributed by atoms with E-state index in [1.807, 2.05) is 4.90 Å². The number of aromatic nitrogens is 1. The number of amides is 3. The van der Waals surface area contributed by atoms with E-state index in [0.29, 0.717) is 55.6 Å². The molecule has 4 rings (SSSR count). The number of cyclic esters (lactones) is 1. The normalized spacial score (nSPS) is 19.2. The van der Waals surface area contributed by atoms with Crippen molar-refractivity contribution in [1.29, 1.82) is 0 Å². The number of rotatable bonds is 5. The smallest absolute Gasteiger partial charge is 0.414 e. The van der Waals surface area contributed by atoms with Crippen LogP contribution in [-0.4, -0.2) is 67.7 Å². The third-order valence-electron chi connectivity index (χ3n) is 5.34. The van der Waals surface area contributed by atoms with Crippen molar-refractivity contribution in [2.45, 2.75) is 19.6 Å². The van der Waals surface area contributed by atoms with Crippen LogP contribution >= 0.6 is 0 Å². The molecule has 1 aromatic heterocycles. The first-order chi connectivity index (χ1) is 15.4. The Morgan fingerprint density at radius 2 is 2.19 bits per heavy atom. The Morgan fingerprint density at radius 1 is 1.34 bits per heavy atom. The van der Waals surface area contributed by atoms with Crippen molar-refractivity contribution in [3.63, 3.8) is 0 Å². The molecule has 2 aliphatic heterocycles. The summed E-state index contributed by atoms with van der Waals surface area (Å²) in [5.74, 6) is 0.220. The fraction of sp³-hybridized carbons (Fsp3) is 0.450. The minimum absolute atomic E-state index is 0.214. The van der Waals surface area contributed by atoms with E-state index >= 15 is 0 Å². The van der Waals surface area contributed by atoms with Crippen LogP contribution in [0.5, 0.6) is 0 Å². The summed E-state index contributed by atoms with van der Waals surface area (Å²) in [5, 5.41) is 8.09. The van der Waals surface area contributed by atoms with Gasteiger partial charge in [0.05, 0.1) is 31.0 Å². The van der Waals surface area contributed by atoms with Crippen molar-refractivity contribution in [2.75, 3.05) is 49.1 Å². The molecule has 0 aliphatic carbocycles. The van der Waals surface area contributed by atoms with Gasteiger partial charge in [-0.1, -0.05) is 5.16 Å². The number of benzene rings is 1. The van der Waals surface area contributed by atoms with Crippen LogP contribution in [0.1, 0.15) is 11.5 Å². The molecule has 3 amide bonds. The molecule has 2 saturated heterocycles. The van der Waals surface area contributed by atoms with E-state index in [4.69, 9.17) is 15.0 Å². The van der Waals surface area contributed by atoms with E-state index in [-0.39, 0.29) is 19.1 Å². The van der Waals surface area contributed by atoms with Crippen molar-refractivity contribution in [3.8, 4) is 0 Å². The highest BCUT2D eigenvalue weighted by molar-refractivity contribution is 5.90. The summed E-state index contributed by atoms with van der Waals surface area (Å²) in [6.45, 7) is 4.27. The number of aryl methyl sites for hydroxylation is 1. The van der Waals surface area contributed by atoms with Crippen molar-refractivity contribution in [1.82, 2.24) is 20.9 Å². The molecule has 1 atom stereocenters. The Bertz CT molecular complexity index is 985. The first kappa shape index (κ1) is 21.8. The van der Waals surface area contributed by atoms with E-state index in [1.54, 1.807) is 25.1 Å².